The van der Waals surface area contributed by atoms with Crippen molar-refractivity contribution in [2.45, 2.75) is 18.8 Å². The first-order valence-corrected chi connectivity index (χ1v) is 6.55. The largest absolute Gasteiger partial charge is 0.492 e. The van der Waals surface area contributed by atoms with Gasteiger partial charge >= 0.3 is 0 Å². The van der Waals surface area contributed by atoms with Gasteiger partial charge in [-0.3, -0.25) is 0 Å². The van der Waals surface area contributed by atoms with Crippen molar-refractivity contribution in [2.75, 3.05) is 13.1 Å². The van der Waals surface area contributed by atoms with E-state index in [-0.39, 0.29) is 22.9 Å². The van der Waals surface area contributed by atoms with Gasteiger partial charge in [0, 0.05) is 11.1 Å². The summed E-state index contributed by atoms with van der Waals surface area (Å²) < 4.78 is 9.19. The number of aromatic hydroxyl groups is 1. The minimum absolute atomic E-state index is 0. The lowest BCUT2D eigenvalue weighted by Gasteiger charge is -2.22. The van der Waals surface area contributed by atoms with E-state index in [1.54, 1.807) is 12.5 Å². The standard InChI is InChI=1S/C12H14N2O2S.BrH/c15-12-10(8-1-4-13-5-2-8)11(17-14-12)9-3-6-16-7-9;/h3,6-8,13H,1-2,4-5H2,(H,14,15);1H. The SMILES string of the molecule is Br.Oc1nsc(-c2ccoc2)c1C1CCNCC1. The molecule has 2 aromatic rings. The molecule has 0 aliphatic carbocycles. The van der Waals surface area contributed by atoms with Crippen LogP contribution >= 0.6 is 28.5 Å². The highest BCUT2D eigenvalue weighted by Crippen LogP contribution is 2.42. The Morgan fingerprint density at radius 1 is 1.39 bits per heavy atom. The average Bonchev–Trinajstić information content (AvgIpc) is 2.98. The molecule has 98 valence electrons. The molecule has 1 fully saturated rings. The number of nitrogens with zero attached hydrogens (tertiary/aromatic N) is 1. The second-order valence-corrected chi connectivity index (χ2v) is 5.06. The van der Waals surface area contributed by atoms with Gasteiger partial charge in [0.05, 0.1) is 17.4 Å². The molecule has 0 unspecified atom stereocenters. The molecule has 1 aliphatic rings. The van der Waals surface area contributed by atoms with Crippen LogP contribution in [0.15, 0.2) is 23.0 Å². The Hall–Kier alpha value is -0.850. The summed E-state index contributed by atoms with van der Waals surface area (Å²) >= 11 is 1.35. The summed E-state index contributed by atoms with van der Waals surface area (Å²) in [5.41, 5.74) is 2.01. The number of nitrogens with one attached hydrogen (secondary N) is 1. The van der Waals surface area contributed by atoms with Gasteiger partial charge < -0.3 is 14.8 Å². The number of halogens is 1. The third kappa shape index (κ3) is 2.46. The zero-order chi connectivity index (χ0) is 11.7. The molecule has 0 saturated carbocycles. The Morgan fingerprint density at radius 2 is 2.17 bits per heavy atom. The van der Waals surface area contributed by atoms with Crippen molar-refractivity contribution in [3.05, 3.63) is 24.2 Å². The number of piperidine rings is 1. The molecule has 3 rings (SSSR count). The Bertz CT molecular complexity index is 492. The Balaban J connectivity index is 0.00000120. The number of furan rings is 1. The molecule has 1 aliphatic heterocycles. The molecule has 0 spiro atoms. The molecule has 2 aromatic heterocycles. The molecule has 0 radical (unpaired) electrons. The van der Waals surface area contributed by atoms with Crippen LogP contribution in [0.25, 0.3) is 10.4 Å². The Kier molecular flexibility index (Phi) is 4.42. The van der Waals surface area contributed by atoms with Crippen molar-refractivity contribution >= 4 is 28.5 Å². The fraction of sp³-hybridized carbons (Fsp3) is 0.417. The molecule has 18 heavy (non-hydrogen) atoms. The molecular formula is C12H15BrN2O2S. The van der Waals surface area contributed by atoms with Crippen molar-refractivity contribution in [1.82, 2.24) is 9.69 Å². The van der Waals surface area contributed by atoms with Crippen LogP contribution < -0.4 is 5.32 Å². The van der Waals surface area contributed by atoms with Gasteiger partial charge in [0.25, 0.3) is 0 Å². The van der Waals surface area contributed by atoms with E-state index in [1.807, 2.05) is 6.07 Å². The van der Waals surface area contributed by atoms with E-state index >= 15 is 0 Å². The lowest BCUT2D eigenvalue weighted by Crippen LogP contribution is -2.26. The highest BCUT2D eigenvalue weighted by molar-refractivity contribution is 8.93. The van der Waals surface area contributed by atoms with Crippen LogP contribution in [-0.4, -0.2) is 22.6 Å². The lowest BCUT2D eigenvalue weighted by molar-refractivity contribution is 0.418. The molecule has 0 bridgehead atoms. The predicted molar refractivity (Wildman–Crippen MR) is 76.6 cm³/mol. The van der Waals surface area contributed by atoms with E-state index in [0.29, 0.717) is 5.92 Å². The second kappa shape index (κ2) is 5.86. The lowest BCUT2D eigenvalue weighted by atomic mass is 9.89. The summed E-state index contributed by atoms with van der Waals surface area (Å²) in [4.78, 5) is 1.04. The van der Waals surface area contributed by atoms with Gasteiger partial charge in [0.2, 0.25) is 5.88 Å². The van der Waals surface area contributed by atoms with Crippen molar-refractivity contribution < 1.29 is 9.52 Å². The second-order valence-electron chi connectivity index (χ2n) is 4.29. The molecule has 0 atom stereocenters. The summed E-state index contributed by atoms with van der Waals surface area (Å²) in [5.74, 6) is 0.595. The number of rotatable bonds is 2. The van der Waals surface area contributed by atoms with E-state index in [1.165, 1.54) is 11.5 Å². The molecule has 6 heteroatoms. The van der Waals surface area contributed by atoms with Crippen LogP contribution in [0.5, 0.6) is 5.88 Å². The van der Waals surface area contributed by atoms with E-state index in [0.717, 1.165) is 41.9 Å². The Labute approximate surface area is 120 Å². The third-order valence-corrected chi connectivity index (χ3v) is 4.14. The molecule has 2 N–H and O–H groups in total. The maximum atomic E-state index is 9.93. The molecule has 4 nitrogen and oxygen atoms in total. The zero-order valence-electron chi connectivity index (χ0n) is 9.76. The quantitative estimate of drug-likeness (QED) is 0.888. The number of aromatic nitrogens is 1. The molecule has 1 saturated heterocycles. The summed E-state index contributed by atoms with van der Waals surface area (Å²) in [7, 11) is 0. The monoisotopic (exact) mass is 330 g/mol. The van der Waals surface area contributed by atoms with Crippen LogP contribution in [0.4, 0.5) is 0 Å². The minimum Gasteiger partial charge on any atom is -0.492 e. The van der Waals surface area contributed by atoms with Gasteiger partial charge in [0.15, 0.2) is 0 Å². The van der Waals surface area contributed by atoms with Crippen LogP contribution in [-0.2, 0) is 0 Å². The van der Waals surface area contributed by atoms with E-state index in [9.17, 15) is 5.11 Å². The first kappa shape index (κ1) is 13.6. The van der Waals surface area contributed by atoms with Crippen LogP contribution in [0, 0.1) is 0 Å². The van der Waals surface area contributed by atoms with Crippen LogP contribution in [0.3, 0.4) is 0 Å². The van der Waals surface area contributed by atoms with Crippen LogP contribution in [0.1, 0.15) is 24.3 Å². The summed E-state index contributed by atoms with van der Waals surface area (Å²) in [5, 5.41) is 13.3. The predicted octanol–water partition coefficient (Wildman–Crippen LogP) is 3.15. The van der Waals surface area contributed by atoms with Crippen LogP contribution in [0.2, 0.25) is 0 Å². The molecule has 0 aromatic carbocycles. The third-order valence-electron chi connectivity index (χ3n) is 3.24. The van der Waals surface area contributed by atoms with E-state index in [4.69, 9.17) is 4.42 Å². The first-order valence-electron chi connectivity index (χ1n) is 5.78. The van der Waals surface area contributed by atoms with Crippen molar-refractivity contribution in [2.24, 2.45) is 0 Å². The van der Waals surface area contributed by atoms with Gasteiger partial charge in [-0.2, -0.15) is 4.37 Å². The molecular weight excluding hydrogens is 316 g/mol. The smallest absolute Gasteiger partial charge is 0.226 e. The Morgan fingerprint density at radius 3 is 2.83 bits per heavy atom. The maximum absolute atomic E-state index is 9.93. The number of hydrogen-bond acceptors (Lipinski definition) is 5. The van der Waals surface area contributed by atoms with Gasteiger partial charge in [0.1, 0.15) is 0 Å². The van der Waals surface area contributed by atoms with Gasteiger partial charge in [-0.25, -0.2) is 0 Å². The zero-order valence-corrected chi connectivity index (χ0v) is 12.3. The van der Waals surface area contributed by atoms with E-state index < -0.39 is 0 Å². The normalized spacial score (nSPS) is 16.4. The van der Waals surface area contributed by atoms with Crippen molar-refractivity contribution in [3.63, 3.8) is 0 Å². The van der Waals surface area contributed by atoms with Gasteiger partial charge in [-0.05, 0) is 49.4 Å². The van der Waals surface area contributed by atoms with Gasteiger partial charge in [-0.15, -0.1) is 17.0 Å². The minimum atomic E-state index is 0. The summed E-state index contributed by atoms with van der Waals surface area (Å²) in [6, 6.07) is 1.91. The highest BCUT2D eigenvalue weighted by atomic mass is 79.9. The fourth-order valence-corrected chi connectivity index (χ4v) is 3.22. The van der Waals surface area contributed by atoms with Crippen molar-refractivity contribution in [3.8, 4) is 16.3 Å². The first-order chi connectivity index (χ1) is 8.36. The van der Waals surface area contributed by atoms with Gasteiger partial charge in [-0.1, -0.05) is 0 Å². The maximum Gasteiger partial charge on any atom is 0.226 e. The highest BCUT2D eigenvalue weighted by Gasteiger charge is 2.25. The summed E-state index contributed by atoms with van der Waals surface area (Å²) in [6.45, 7) is 2.01. The number of hydrogen-bond donors (Lipinski definition) is 2. The van der Waals surface area contributed by atoms with Crippen molar-refractivity contribution in [1.29, 1.82) is 0 Å². The molecule has 3 heterocycles. The average molecular weight is 331 g/mol. The molecule has 0 amide bonds. The van der Waals surface area contributed by atoms with E-state index in [2.05, 4.69) is 9.69 Å². The topological polar surface area (TPSA) is 58.3 Å². The summed E-state index contributed by atoms with van der Waals surface area (Å²) in [6.07, 6.45) is 5.46. The fourth-order valence-electron chi connectivity index (χ4n) is 2.37.